The number of carbonyl (C=O) groups excluding carboxylic acids is 3. The Morgan fingerprint density at radius 1 is 0.566 bits per heavy atom. The molecule has 0 spiro atoms. The van der Waals surface area contributed by atoms with Gasteiger partial charge in [0.2, 0.25) is 5.91 Å². The molecule has 10 unspecified atom stereocenters. The number of ketones is 1. The summed E-state index contributed by atoms with van der Waals surface area (Å²) in [6, 6.07) is 16.0. The number of esters is 1. The maximum atomic E-state index is 15.3. The van der Waals surface area contributed by atoms with Gasteiger partial charge in [0.15, 0.2) is 60.2 Å². The van der Waals surface area contributed by atoms with Gasteiger partial charge in [0.05, 0.1) is 67.8 Å². The molecule has 3 saturated carbocycles. The first-order valence-corrected chi connectivity index (χ1v) is 37.5. The van der Waals surface area contributed by atoms with E-state index in [1.54, 1.807) is 54.7 Å². The highest BCUT2D eigenvalue weighted by Gasteiger charge is 2.56. The van der Waals surface area contributed by atoms with E-state index in [-0.39, 0.29) is 91.1 Å². The van der Waals surface area contributed by atoms with Crippen LogP contribution in [0.4, 0.5) is 22.0 Å². The van der Waals surface area contributed by atoms with Gasteiger partial charge in [0, 0.05) is 41.5 Å². The Morgan fingerprint density at radius 3 is 1.77 bits per heavy atom. The molecule has 7 aromatic rings. The molecule has 3 saturated heterocycles. The lowest BCUT2D eigenvalue weighted by Gasteiger charge is -2.48. The number of Topliss-reactive ketones (excluding diaryl/α,β-unsaturated/α-hetero) is 1. The number of halogens is 5. The molecule has 4 aromatic carbocycles. The second kappa shape index (κ2) is 36.1. The average Bonchev–Trinajstić information content (AvgIpc) is 1.77. The Kier molecular flexibility index (Phi) is 26.3. The number of carbonyl (C=O) groups is 4. The maximum absolute atomic E-state index is 15.3. The molecule has 3 aromatic heterocycles. The maximum Gasteiger partial charge on any atom is 0.338 e. The molecule has 11 N–H and O–H groups in total. The number of rotatable bonds is 27. The van der Waals surface area contributed by atoms with Crippen molar-refractivity contribution in [3.05, 3.63) is 144 Å². The van der Waals surface area contributed by atoms with Crippen molar-refractivity contribution in [1.29, 1.82) is 0 Å². The van der Waals surface area contributed by atoms with Crippen molar-refractivity contribution in [3.63, 3.8) is 0 Å². The van der Waals surface area contributed by atoms with Crippen molar-refractivity contribution >= 4 is 23.6 Å². The third kappa shape index (κ3) is 18.2. The number of benzene rings is 4. The Balaban J connectivity index is 0.783. The number of ether oxygens (including phenoxy) is 8. The number of hydrogen-bond donors (Lipinski definition) is 11. The minimum Gasteiger partial charge on any atom is -0.479 e. The summed E-state index contributed by atoms with van der Waals surface area (Å²) in [6.45, 7) is 0.750. The monoisotopic (exact) mass is 1590 g/mol. The van der Waals surface area contributed by atoms with Crippen LogP contribution in [0.25, 0.3) is 33.8 Å². The van der Waals surface area contributed by atoms with Crippen LogP contribution in [0.3, 0.4) is 0 Å². The number of aliphatic carboxylic acids is 1. The van der Waals surface area contributed by atoms with Crippen molar-refractivity contribution in [2.24, 2.45) is 17.8 Å². The van der Waals surface area contributed by atoms with Gasteiger partial charge in [-0.3, -0.25) is 9.59 Å². The number of nitrogens with zero attached hydrogens (tertiary/aromatic N) is 9. The van der Waals surface area contributed by atoms with Crippen molar-refractivity contribution in [2.75, 3.05) is 19.8 Å². The Morgan fingerprint density at radius 2 is 1.12 bits per heavy atom. The van der Waals surface area contributed by atoms with Gasteiger partial charge < -0.3 is 94.3 Å². The average molecular weight is 1590 g/mol. The third-order valence-corrected chi connectivity index (χ3v) is 22.2. The van der Waals surface area contributed by atoms with Gasteiger partial charge in [0.25, 0.3) is 0 Å². The molecular formula is C76H89F5N10O22. The summed E-state index contributed by atoms with van der Waals surface area (Å²) in [4.78, 5) is 57.6. The van der Waals surface area contributed by atoms with Gasteiger partial charge in [-0.15, -0.1) is 15.3 Å². The number of nitrogens with one attached hydrogen (secondary N) is 1. The molecule has 6 aliphatic rings. The number of carboxylic acid groups (broad SMARTS) is 1. The highest BCUT2D eigenvalue weighted by Crippen LogP contribution is 2.44. The van der Waals surface area contributed by atoms with E-state index in [0.717, 1.165) is 34.7 Å². The normalized spacial score (nSPS) is 32.0. The number of aryl methyl sites for hydroxylation is 1. The Labute approximate surface area is 642 Å². The van der Waals surface area contributed by atoms with Crippen LogP contribution >= 0.6 is 0 Å². The molecular weight excluding hydrogens is 1500 g/mol. The fourth-order valence-corrected chi connectivity index (χ4v) is 16.0. The van der Waals surface area contributed by atoms with Gasteiger partial charge >= 0.3 is 11.9 Å². The van der Waals surface area contributed by atoms with Gasteiger partial charge in [-0.1, -0.05) is 96.3 Å². The summed E-state index contributed by atoms with van der Waals surface area (Å²) >= 11 is 0. The molecule has 6 fully saturated rings. The van der Waals surface area contributed by atoms with Crippen LogP contribution < -0.4 is 5.32 Å². The van der Waals surface area contributed by atoms with E-state index < -0.39 is 212 Å². The molecule has 610 valence electrons. The molecule has 113 heavy (non-hydrogen) atoms. The van der Waals surface area contributed by atoms with E-state index in [2.05, 4.69) is 36.3 Å². The number of aliphatic hydroxyl groups excluding tert-OH is 9. The number of hydrogen-bond acceptors (Lipinski definition) is 27. The quantitative estimate of drug-likeness (QED) is 0.0151. The van der Waals surface area contributed by atoms with Crippen molar-refractivity contribution in [2.45, 2.75) is 226 Å². The predicted octanol–water partition coefficient (Wildman–Crippen LogP) is 3.67. The predicted molar refractivity (Wildman–Crippen MR) is 376 cm³/mol. The first kappa shape index (κ1) is 82.4. The van der Waals surface area contributed by atoms with Crippen LogP contribution in [0.15, 0.2) is 104 Å². The molecule has 32 nitrogen and oxygen atoms in total. The lowest BCUT2D eigenvalue weighted by molar-refractivity contribution is -0.348. The molecule has 6 heterocycles. The van der Waals surface area contributed by atoms with Crippen LogP contribution in [0, 0.1) is 53.8 Å². The number of amides is 1. The van der Waals surface area contributed by atoms with Crippen molar-refractivity contribution in [3.8, 4) is 33.8 Å². The Hall–Kier alpha value is -8.61. The van der Waals surface area contributed by atoms with Gasteiger partial charge in [-0.05, 0) is 100 Å². The van der Waals surface area contributed by atoms with Crippen LogP contribution in [-0.2, 0) is 52.3 Å². The first-order chi connectivity index (χ1) is 54.2. The zero-order valence-corrected chi connectivity index (χ0v) is 61.1. The van der Waals surface area contributed by atoms with Crippen LogP contribution in [-0.4, -0.2) is 256 Å². The lowest BCUT2D eigenvalue weighted by atomic mass is 9.78. The number of aliphatic hydroxyl groups is 9. The molecule has 3 aliphatic carbocycles. The highest BCUT2D eigenvalue weighted by molar-refractivity contribution is 5.89. The summed E-state index contributed by atoms with van der Waals surface area (Å²) in [6.07, 6.45) is -25.5. The zero-order valence-electron chi connectivity index (χ0n) is 61.1. The molecule has 1 amide bonds. The fraction of sp³-hybridized carbons (Fsp3) is 0.553. The van der Waals surface area contributed by atoms with E-state index in [9.17, 15) is 87.4 Å². The molecule has 3 aliphatic heterocycles. The summed E-state index contributed by atoms with van der Waals surface area (Å²) in [5.74, 6) is -13.0. The van der Waals surface area contributed by atoms with Crippen LogP contribution in [0.2, 0.25) is 0 Å². The van der Waals surface area contributed by atoms with Crippen molar-refractivity contribution < 1.29 is 130 Å². The van der Waals surface area contributed by atoms with Crippen molar-refractivity contribution in [1.82, 2.24) is 50.3 Å². The summed E-state index contributed by atoms with van der Waals surface area (Å²) in [5, 5.41) is 142. The van der Waals surface area contributed by atoms with Gasteiger partial charge in [-0.2, -0.15) is 0 Å². The number of carboxylic acids is 1. The van der Waals surface area contributed by atoms with Crippen LogP contribution in [0.1, 0.15) is 118 Å². The van der Waals surface area contributed by atoms with Gasteiger partial charge in [-0.25, -0.2) is 45.6 Å². The lowest BCUT2D eigenvalue weighted by Crippen LogP contribution is -2.64. The molecule has 13 rings (SSSR count). The molecule has 24 atom stereocenters. The van der Waals surface area contributed by atoms with Crippen LogP contribution in [0.5, 0.6) is 0 Å². The summed E-state index contributed by atoms with van der Waals surface area (Å²) < 4.78 is 127. The minimum atomic E-state index is -1.93. The standard InChI is InChI=1S/C76H89F5N10O22/c1-35-21-40(23-44(77)58(35)80)49-32-91(88-85-49)60-63(97)56(33-92)110-74(65(60)99)108-53-29-43(27-50(62(53)96)89-31-48(84-86-89)41-24-45(78)59(81)46(79)25-41)71(102)82-20-12-19-52(94)42-26-51(90-30-47(83-87-90)38-15-8-4-9-16-38)68(113-75-67(101)66(100)61(95)36(2)106-75)54(28-42)109-76-70(112-73(105)39-17-10-5-11-18-39)69(64(98)57(34-93)111-76)107-55(72(103)104)22-37-13-6-3-7-14-37/h4-5,8-11,15-18,21,23-25,30-32,36-37,42-43,50-51,53-57,60-70,74-76,92-93,95-101H,3,6-7,12-14,19-20,22,26-29,33-34H2,1-2H3,(H,82,102)(H,103,104)/t36?,42?,43-,50?,51+,53+,54+,55-,56?,57-,60+,61+,62?,63-,64-,65?,66-,67?,68?,69?,70?,74+,75-,76+/m0/s1. The minimum absolute atomic E-state index is 0.00244. The van der Waals surface area contributed by atoms with E-state index in [1.165, 1.54) is 49.1 Å². The van der Waals surface area contributed by atoms with Gasteiger partial charge in [0.1, 0.15) is 96.1 Å². The summed E-state index contributed by atoms with van der Waals surface area (Å²) in [5.41, 5.74) is 0.514. The van der Waals surface area contributed by atoms with E-state index >= 15 is 4.79 Å². The largest absolute Gasteiger partial charge is 0.479 e. The topological polar surface area (TPSA) is 449 Å². The van der Waals surface area contributed by atoms with E-state index in [0.29, 0.717) is 36.2 Å². The third-order valence-electron chi connectivity index (χ3n) is 22.2. The molecule has 0 bridgehead atoms. The molecule has 37 heteroatoms. The first-order valence-electron chi connectivity index (χ1n) is 37.5. The smallest absolute Gasteiger partial charge is 0.338 e. The second-order valence-corrected chi connectivity index (χ2v) is 29.7. The highest BCUT2D eigenvalue weighted by atomic mass is 19.2. The molecule has 0 radical (unpaired) electrons. The fourth-order valence-electron chi connectivity index (χ4n) is 16.0. The second-order valence-electron chi connectivity index (χ2n) is 29.7. The van der Waals surface area contributed by atoms with E-state index in [4.69, 9.17) is 37.9 Å². The van der Waals surface area contributed by atoms with E-state index in [1.807, 2.05) is 0 Å². The number of aromatic nitrogens is 9. The Bertz CT molecular complexity index is 4370. The SMILES string of the molecule is Cc1cc(-c2cn([C@H]3C(O)[C@H](O[C@@H]4C[C@@H](C(=O)NCCCC(=O)C5C[C@@H](n6cc(-c7ccccc7)nn6)C(O[C@@H]6OC(C)[C@@H](O)[C@H](O)C6O)[C@H](O[C@@H]6O[C@@H](CO)[C@H](O)C(O[C@@H](CC7CCCCC7)C(=O)O)C6OC(=O)c6ccccc6)C5)CC(n5cc(-c6cc(F)c(F)c(F)c6)nn5)C4O)OC(CO)[C@@H]3O)nn2)cc(F)c1F. The summed E-state index contributed by atoms with van der Waals surface area (Å²) in [7, 11) is 0. The zero-order chi connectivity index (χ0) is 80.2.